The molecule has 0 amide bonds. The van der Waals surface area contributed by atoms with E-state index in [1.807, 2.05) is 22.6 Å². The second-order valence-electron chi connectivity index (χ2n) is 2.05. The van der Waals surface area contributed by atoms with Crippen LogP contribution in [0.5, 0.6) is 0 Å². The van der Waals surface area contributed by atoms with Crippen LogP contribution in [0.4, 0.5) is 5.82 Å². The Labute approximate surface area is 87.2 Å². The van der Waals surface area contributed by atoms with Crippen molar-refractivity contribution in [2.24, 2.45) is 0 Å². The lowest BCUT2D eigenvalue weighted by Crippen LogP contribution is -1.95. The Balaban J connectivity index is 3.15. The van der Waals surface area contributed by atoms with Crippen LogP contribution in [0.2, 0.25) is 0 Å². The standard InChI is InChI=1S/C6H4ClIN2O2/c7-3-4-1-5(8)9-6(2-4)10(11)12/h1-2H,3H2. The molecule has 0 bridgehead atoms. The number of rotatable bonds is 2. The summed E-state index contributed by atoms with van der Waals surface area (Å²) in [6, 6.07) is 3.08. The number of aromatic nitrogens is 1. The minimum absolute atomic E-state index is 0.155. The maximum atomic E-state index is 10.3. The van der Waals surface area contributed by atoms with Crippen LogP contribution >= 0.6 is 34.2 Å². The molecule has 0 atom stereocenters. The zero-order chi connectivity index (χ0) is 9.14. The van der Waals surface area contributed by atoms with Crippen LogP contribution in [0, 0.1) is 13.8 Å². The zero-order valence-electron chi connectivity index (χ0n) is 5.83. The first-order chi connectivity index (χ1) is 5.63. The van der Waals surface area contributed by atoms with Crippen LogP contribution in [0.25, 0.3) is 0 Å². The molecule has 0 spiro atoms. The lowest BCUT2D eigenvalue weighted by Gasteiger charge is -1.95. The summed E-state index contributed by atoms with van der Waals surface area (Å²) in [4.78, 5) is 13.5. The van der Waals surface area contributed by atoms with E-state index >= 15 is 0 Å². The van der Waals surface area contributed by atoms with Crippen LogP contribution in [-0.2, 0) is 5.88 Å². The van der Waals surface area contributed by atoms with Gasteiger partial charge in [-0.25, -0.2) is 0 Å². The minimum atomic E-state index is -0.530. The Kier molecular flexibility index (Phi) is 3.21. The molecule has 0 N–H and O–H groups in total. The van der Waals surface area contributed by atoms with Gasteiger partial charge >= 0.3 is 5.82 Å². The minimum Gasteiger partial charge on any atom is -0.358 e. The van der Waals surface area contributed by atoms with Crippen molar-refractivity contribution in [2.45, 2.75) is 5.88 Å². The van der Waals surface area contributed by atoms with Crippen molar-refractivity contribution in [3.05, 3.63) is 31.5 Å². The maximum absolute atomic E-state index is 10.3. The van der Waals surface area contributed by atoms with Gasteiger partial charge in [-0.15, -0.1) is 11.6 Å². The lowest BCUT2D eigenvalue weighted by atomic mass is 10.3. The van der Waals surface area contributed by atoms with E-state index in [4.69, 9.17) is 11.6 Å². The van der Waals surface area contributed by atoms with Gasteiger partial charge in [-0.3, -0.25) is 0 Å². The zero-order valence-corrected chi connectivity index (χ0v) is 8.74. The first-order valence-electron chi connectivity index (χ1n) is 3.00. The number of nitro groups is 1. The van der Waals surface area contributed by atoms with Gasteiger partial charge < -0.3 is 10.1 Å². The van der Waals surface area contributed by atoms with Crippen molar-refractivity contribution in [2.75, 3.05) is 0 Å². The Bertz CT molecular complexity index is 318. The van der Waals surface area contributed by atoms with Crippen LogP contribution in [-0.4, -0.2) is 9.91 Å². The fourth-order valence-electron chi connectivity index (χ4n) is 0.705. The van der Waals surface area contributed by atoms with Crippen LogP contribution < -0.4 is 0 Å². The molecule has 0 aromatic carbocycles. The summed E-state index contributed by atoms with van der Waals surface area (Å²) in [5.74, 6) is 0.108. The number of pyridine rings is 1. The van der Waals surface area contributed by atoms with E-state index in [1.165, 1.54) is 6.07 Å². The predicted octanol–water partition coefficient (Wildman–Crippen LogP) is 2.33. The molecule has 0 aliphatic rings. The molecular weight excluding hydrogens is 294 g/mol. The number of hydrogen-bond acceptors (Lipinski definition) is 3. The molecule has 0 unspecified atom stereocenters. The molecule has 1 aromatic rings. The summed E-state index contributed by atoms with van der Waals surface area (Å²) in [6.45, 7) is 0. The van der Waals surface area contributed by atoms with E-state index in [2.05, 4.69) is 4.98 Å². The van der Waals surface area contributed by atoms with Gasteiger partial charge in [-0.05, 0) is 15.5 Å². The molecule has 6 heteroatoms. The first-order valence-corrected chi connectivity index (χ1v) is 4.61. The predicted molar refractivity (Wildman–Crippen MR) is 53.2 cm³/mol. The third kappa shape index (κ3) is 2.28. The summed E-state index contributed by atoms with van der Waals surface area (Å²) in [5.41, 5.74) is 0.711. The van der Waals surface area contributed by atoms with Crippen LogP contribution in [0.3, 0.4) is 0 Å². The number of halogens is 2. The van der Waals surface area contributed by atoms with E-state index in [1.54, 1.807) is 6.07 Å². The van der Waals surface area contributed by atoms with Gasteiger partial charge in [-0.2, -0.15) is 0 Å². The average Bonchev–Trinajstić information content (AvgIpc) is 2.03. The highest BCUT2D eigenvalue weighted by Crippen LogP contribution is 2.15. The summed E-state index contributed by atoms with van der Waals surface area (Å²) >= 11 is 7.44. The van der Waals surface area contributed by atoms with Gasteiger partial charge in [0.05, 0.1) is 0 Å². The molecule has 0 saturated heterocycles. The Morgan fingerprint density at radius 2 is 2.33 bits per heavy atom. The highest BCUT2D eigenvalue weighted by atomic mass is 127. The SMILES string of the molecule is O=[N+]([O-])c1cc(CCl)cc(I)n1. The first kappa shape index (κ1) is 9.66. The van der Waals surface area contributed by atoms with Crippen molar-refractivity contribution in [1.82, 2.24) is 4.98 Å². The van der Waals surface area contributed by atoms with Crippen LogP contribution in [0.15, 0.2) is 12.1 Å². The number of hydrogen-bond donors (Lipinski definition) is 0. The molecule has 1 aromatic heterocycles. The summed E-state index contributed by atoms with van der Waals surface area (Å²) in [7, 11) is 0. The van der Waals surface area contributed by atoms with Gasteiger partial charge in [-0.1, -0.05) is 0 Å². The van der Waals surface area contributed by atoms with Crippen molar-refractivity contribution >= 4 is 40.0 Å². The highest BCUT2D eigenvalue weighted by molar-refractivity contribution is 14.1. The summed E-state index contributed by atoms with van der Waals surface area (Å²) in [6.07, 6.45) is 0. The topological polar surface area (TPSA) is 56.0 Å². The molecule has 12 heavy (non-hydrogen) atoms. The second kappa shape index (κ2) is 3.99. The highest BCUT2D eigenvalue weighted by Gasteiger charge is 2.10. The van der Waals surface area contributed by atoms with Crippen molar-refractivity contribution in [1.29, 1.82) is 0 Å². The summed E-state index contributed by atoms with van der Waals surface area (Å²) in [5, 5.41) is 10.3. The fourth-order valence-corrected chi connectivity index (χ4v) is 1.51. The molecule has 0 radical (unpaired) electrons. The maximum Gasteiger partial charge on any atom is 0.364 e. The number of alkyl halides is 1. The molecule has 1 rings (SSSR count). The third-order valence-electron chi connectivity index (χ3n) is 1.18. The molecule has 1 heterocycles. The lowest BCUT2D eigenvalue weighted by molar-refractivity contribution is -0.389. The average molecular weight is 298 g/mol. The second-order valence-corrected chi connectivity index (χ2v) is 3.42. The quantitative estimate of drug-likeness (QED) is 0.277. The molecular formula is C6H4ClIN2O2. The van der Waals surface area contributed by atoms with E-state index in [9.17, 15) is 10.1 Å². The monoisotopic (exact) mass is 298 g/mol. The van der Waals surface area contributed by atoms with Crippen LogP contribution in [0.1, 0.15) is 5.56 Å². The number of nitrogens with zero attached hydrogens (tertiary/aromatic N) is 2. The van der Waals surface area contributed by atoms with Crippen molar-refractivity contribution in [3.8, 4) is 0 Å². The van der Waals surface area contributed by atoms with Gasteiger partial charge in [0.1, 0.15) is 0 Å². The van der Waals surface area contributed by atoms with Gasteiger partial charge in [0.2, 0.25) is 3.70 Å². The molecule has 0 aliphatic heterocycles. The Hall–Kier alpha value is -0.430. The Morgan fingerprint density at radius 1 is 1.67 bits per heavy atom. The normalized spacial score (nSPS) is 9.83. The van der Waals surface area contributed by atoms with E-state index in [-0.39, 0.29) is 11.7 Å². The molecule has 0 fully saturated rings. The van der Waals surface area contributed by atoms with Crippen molar-refractivity contribution < 1.29 is 4.92 Å². The van der Waals surface area contributed by atoms with E-state index < -0.39 is 4.92 Å². The fraction of sp³-hybridized carbons (Fsp3) is 0.167. The van der Waals surface area contributed by atoms with Gasteiger partial charge in [0.25, 0.3) is 0 Å². The molecule has 64 valence electrons. The van der Waals surface area contributed by atoms with E-state index in [0.717, 1.165) is 0 Å². The molecule has 0 saturated carbocycles. The summed E-state index contributed by atoms with van der Waals surface area (Å²) < 4.78 is 0.581. The Morgan fingerprint density at radius 3 is 2.83 bits per heavy atom. The van der Waals surface area contributed by atoms with Crippen molar-refractivity contribution in [3.63, 3.8) is 0 Å². The molecule has 0 aliphatic carbocycles. The van der Waals surface area contributed by atoms with Gasteiger partial charge in [0.15, 0.2) is 0 Å². The third-order valence-corrected chi connectivity index (χ3v) is 2.04. The smallest absolute Gasteiger partial charge is 0.358 e. The van der Waals surface area contributed by atoms with Gasteiger partial charge in [0, 0.05) is 40.6 Å². The van der Waals surface area contributed by atoms with E-state index in [0.29, 0.717) is 9.26 Å². The molecule has 4 nitrogen and oxygen atoms in total. The largest absolute Gasteiger partial charge is 0.364 e.